The Hall–Kier alpha value is -3.76. The van der Waals surface area contributed by atoms with Crippen molar-refractivity contribution in [2.45, 2.75) is 56.5 Å². The van der Waals surface area contributed by atoms with Crippen LogP contribution in [0.3, 0.4) is 0 Å². The second-order valence-electron chi connectivity index (χ2n) is 7.70. The summed E-state index contributed by atoms with van der Waals surface area (Å²) in [7, 11) is 0. The molecule has 5 unspecified atom stereocenters. The van der Waals surface area contributed by atoms with Crippen LogP contribution < -0.4 is 33.2 Å². The van der Waals surface area contributed by atoms with E-state index in [9.17, 15) is 29.4 Å². The van der Waals surface area contributed by atoms with Crippen LogP contribution in [-0.4, -0.2) is 98.4 Å². The van der Waals surface area contributed by atoms with E-state index in [1.54, 1.807) is 0 Å². The van der Waals surface area contributed by atoms with Crippen molar-refractivity contribution in [3.05, 3.63) is 18.2 Å². The van der Waals surface area contributed by atoms with Gasteiger partial charge in [-0.1, -0.05) is 0 Å². The van der Waals surface area contributed by atoms with Crippen LogP contribution in [0.2, 0.25) is 0 Å². The highest BCUT2D eigenvalue weighted by Gasteiger charge is 2.31. The van der Waals surface area contributed by atoms with E-state index in [4.69, 9.17) is 22.3 Å². The number of carbonyl (C=O) groups excluding carboxylic acids is 3. The van der Waals surface area contributed by atoms with Gasteiger partial charge in [-0.15, -0.1) is 0 Å². The maximum Gasteiger partial charge on any atom is 0.328 e. The maximum atomic E-state index is 13.1. The molecule has 0 aliphatic carbocycles. The number of H-pyrrole nitrogens is 1. The highest BCUT2D eigenvalue weighted by molar-refractivity contribution is 5.94. The van der Waals surface area contributed by atoms with Crippen molar-refractivity contribution in [1.29, 1.82) is 0 Å². The van der Waals surface area contributed by atoms with Gasteiger partial charge in [0, 0.05) is 24.9 Å². The molecule has 16 heteroatoms. The van der Waals surface area contributed by atoms with E-state index in [2.05, 4.69) is 30.9 Å². The fourth-order valence-electron chi connectivity index (χ4n) is 2.82. The lowest BCUT2D eigenvalue weighted by atomic mass is 10.1. The van der Waals surface area contributed by atoms with Crippen molar-refractivity contribution in [1.82, 2.24) is 25.9 Å². The minimum atomic E-state index is -1.59. The Morgan fingerprint density at radius 1 is 1.09 bits per heavy atom. The van der Waals surface area contributed by atoms with Gasteiger partial charge in [0.05, 0.1) is 19.0 Å². The highest BCUT2D eigenvalue weighted by Crippen LogP contribution is 2.05. The van der Waals surface area contributed by atoms with E-state index in [0.717, 1.165) is 0 Å². The fraction of sp³-hybridized carbons (Fsp3) is 0.579. The first-order valence-corrected chi connectivity index (χ1v) is 10.7. The largest absolute Gasteiger partial charge is 0.480 e. The molecule has 0 aliphatic heterocycles. The SMILES string of the molecule is CC(O)C(N)C(=O)NC(Cc1cnc[nH]1)C(=O)NC(CCCN=C(N)N)C(=O)NC(CO)C(=O)O. The Morgan fingerprint density at radius 2 is 1.69 bits per heavy atom. The zero-order valence-electron chi connectivity index (χ0n) is 19.2. The van der Waals surface area contributed by atoms with Crippen LogP contribution in [0.25, 0.3) is 0 Å². The van der Waals surface area contributed by atoms with Crippen LogP contribution >= 0.6 is 0 Å². The second kappa shape index (κ2) is 14.5. The zero-order valence-corrected chi connectivity index (χ0v) is 19.2. The Kier molecular flexibility index (Phi) is 12.1. The molecule has 0 fully saturated rings. The predicted molar refractivity (Wildman–Crippen MR) is 122 cm³/mol. The predicted octanol–water partition coefficient (Wildman–Crippen LogP) is -4.75. The van der Waals surface area contributed by atoms with Gasteiger partial charge in [-0.3, -0.25) is 19.4 Å². The number of aromatic nitrogens is 2. The molecule has 1 rings (SSSR count). The van der Waals surface area contributed by atoms with Crippen LogP contribution in [0.5, 0.6) is 0 Å². The van der Waals surface area contributed by atoms with Crippen LogP contribution in [0.4, 0.5) is 0 Å². The number of amides is 3. The van der Waals surface area contributed by atoms with Crippen molar-refractivity contribution < 1.29 is 34.5 Å². The number of nitrogens with zero attached hydrogens (tertiary/aromatic N) is 2. The van der Waals surface area contributed by atoms with Crippen LogP contribution in [0.1, 0.15) is 25.5 Å². The normalized spacial score (nSPS) is 15.1. The smallest absolute Gasteiger partial charge is 0.328 e. The molecule has 0 spiro atoms. The minimum Gasteiger partial charge on any atom is -0.480 e. The topological polar surface area (TPSA) is 284 Å². The molecule has 0 aliphatic rings. The molecule has 0 saturated heterocycles. The van der Waals surface area contributed by atoms with Crippen molar-refractivity contribution in [2.24, 2.45) is 22.2 Å². The van der Waals surface area contributed by atoms with Gasteiger partial charge < -0.3 is 53.5 Å². The van der Waals surface area contributed by atoms with Gasteiger partial charge in [-0.05, 0) is 19.8 Å². The van der Waals surface area contributed by atoms with E-state index >= 15 is 0 Å². The third-order valence-corrected chi connectivity index (χ3v) is 4.81. The quantitative estimate of drug-likeness (QED) is 0.0620. The number of hydrogen-bond acceptors (Lipinski definition) is 9. The number of aromatic amines is 1. The number of nitrogens with one attached hydrogen (secondary N) is 4. The van der Waals surface area contributed by atoms with E-state index < -0.39 is 60.6 Å². The second-order valence-corrected chi connectivity index (χ2v) is 7.70. The molecular formula is C19H33N9O7. The number of aliphatic hydroxyl groups excluding tert-OH is 2. The lowest BCUT2D eigenvalue weighted by Gasteiger charge is -2.25. The number of imidazole rings is 1. The molecule has 0 radical (unpaired) electrons. The maximum absolute atomic E-state index is 13.1. The van der Waals surface area contributed by atoms with Gasteiger partial charge in [0.2, 0.25) is 17.7 Å². The molecule has 0 bridgehead atoms. The summed E-state index contributed by atoms with van der Waals surface area (Å²) in [6, 6.07) is -5.39. The summed E-state index contributed by atoms with van der Waals surface area (Å²) in [5.41, 5.74) is 16.7. The van der Waals surface area contributed by atoms with Crippen molar-refractivity contribution >= 4 is 29.7 Å². The van der Waals surface area contributed by atoms with E-state index in [0.29, 0.717) is 5.69 Å². The molecule has 5 atom stereocenters. The first-order valence-electron chi connectivity index (χ1n) is 10.7. The highest BCUT2D eigenvalue weighted by atomic mass is 16.4. The number of carbonyl (C=O) groups is 4. The average molecular weight is 500 g/mol. The summed E-state index contributed by atoms with van der Waals surface area (Å²) in [5, 5.41) is 34.9. The molecule has 196 valence electrons. The minimum absolute atomic E-state index is 0.00400. The van der Waals surface area contributed by atoms with Crippen molar-refractivity contribution in [3.8, 4) is 0 Å². The number of aliphatic hydroxyl groups is 2. The van der Waals surface area contributed by atoms with Gasteiger partial charge in [-0.25, -0.2) is 9.78 Å². The third-order valence-electron chi connectivity index (χ3n) is 4.81. The van der Waals surface area contributed by atoms with E-state index in [1.807, 2.05) is 0 Å². The molecule has 1 aromatic heterocycles. The number of rotatable bonds is 15. The van der Waals surface area contributed by atoms with Crippen molar-refractivity contribution in [3.63, 3.8) is 0 Å². The zero-order chi connectivity index (χ0) is 26.5. The Balaban J connectivity index is 3.06. The van der Waals surface area contributed by atoms with Gasteiger partial charge in [0.15, 0.2) is 5.96 Å². The Morgan fingerprint density at radius 3 is 2.20 bits per heavy atom. The van der Waals surface area contributed by atoms with Crippen LogP contribution in [-0.2, 0) is 25.6 Å². The van der Waals surface area contributed by atoms with Crippen LogP contribution in [0.15, 0.2) is 17.5 Å². The first kappa shape index (κ1) is 29.3. The van der Waals surface area contributed by atoms with Gasteiger partial charge >= 0.3 is 5.97 Å². The number of carboxylic acids is 1. The van der Waals surface area contributed by atoms with Crippen LogP contribution in [0, 0.1) is 0 Å². The van der Waals surface area contributed by atoms with E-state index in [1.165, 1.54) is 19.4 Å². The van der Waals surface area contributed by atoms with Crippen molar-refractivity contribution in [2.75, 3.05) is 13.2 Å². The molecule has 13 N–H and O–H groups in total. The molecule has 1 heterocycles. The summed E-state index contributed by atoms with van der Waals surface area (Å²) < 4.78 is 0. The van der Waals surface area contributed by atoms with Gasteiger partial charge in [0.25, 0.3) is 0 Å². The number of aliphatic carboxylic acids is 1. The number of guanidine groups is 1. The molecule has 35 heavy (non-hydrogen) atoms. The standard InChI is InChI=1S/C19H33N9O7/c1-9(30)14(20)17(33)27-12(5-10-6-23-8-25-10)16(32)26-11(3-2-4-24-19(21)22)15(31)28-13(7-29)18(34)35/h6,8-9,11-14,29-30H,2-5,7,20H2,1H3,(H,23,25)(H,26,32)(H,27,33)(H,28,31)(H,34,35)(H4,21,22,24). The molecule has 16 nitrogen and oxygen atoms in total. The fourth-order valence-corrected chi connectivity index (χ4v) is 2.82. The molecule has 1 aromatic rings. The monoisotopic (exact) mass is 499 g/mol. The van der Waals surface area contributed by atoms with E-state index in [-0.39, 0.29) is 31.8 Å². The summed E-state index contributed by atoms with van der Waals surface area (Å²) in [5.74, 6) is -4.11. The molecule has 0 saturated carbocycles. The number of hydrogen-bond donors (Lipinski definition) is 10. The van der Waals surface area contributed by atoms with Gasteiger partial charge in [0.1, 0.15) is 24.2 Å². The molecule has 3 amide bonds. The van der Waals surface area contributed by atoms with Gasteiger partial charge in [-0.2, -0.15) is 0 Å². The lowest BCUT2D eigenvalue weighted by Crippen LogP contribution is -2.58. The average Bonchev–Trinajstić information content (AvgIpc) is 3.30. The summed E-state index contributed by atoms with van der Waals surface area (Å²) >= 11 is 0. The molecule has 0 aromatic carbocycles. The third kappa shape index (κ3) is 10.4. The Bertz CT molecular complexity index is 872. The number of nitrogens with two attached hydrogens (primary N) is 3. The first-order chi connectivity index (χ1) is 16.5. The summed E-state index contributed by atoms with van der Waals surface area (Å²) in [6.07, 6.45) is 1.79. The lowest BCUT2D eigenvalue weighted by molar-refractivity contribution is -0.143. The number of carboxylic acid groups (broad SMARTS) is 1. The molecular weight excluding hydrogens is 466 g/mol. The number of aliphatic imine (C=N–C) groups is 1. The Labute approximate surface area is 200 Å². The summed E-state index contributed by atoms with van der Waals surface area (Å²) in [6.45, 7) is 0.568. The summed E-state index contributed by atoms with van der Waals surface area (Å²) in [4.78, 5) is 59.7.